The quantitative estimate of drug-likeness (QED) is 0.0229. The highest BCUT2D eigenvalue weighted by atomic mass is 16.6. The molecule has 0 saturated carbocycles. The third-order valence-electron chi connectivity index (χ3n) is 21.8. The Labute approximate surface area is 782 Å². The van der Waals surface area contributed by atoms with E-state index in [4.69, 9.17) is 91.2 Å². The summed E-state index contributed by atoms with van der Waals surface area (Å²) in [4.78, 5) is 161. The summed E-state index contributed by atoms with van der Waals surface area (Å²) in [6.07, 6.45) is 16.7. The number of amides is 8. The Hall–Kier alpha value is -8.73. The summed E-state index contributed by atoms with van der Waals surface area (Å²) in [6.45, 7) is 19.2. The molecule has 0 radical (unpaired) electrons. The lowest BCUT2D eigenvalue weighted by molar-refractivity contribution is -0.143. The molecule has 0 aliphatic carbocycles. The number of nitrogens with one attached hydrogen (secondary N) is 5. The molecule has 1 heterocycles. The lowest BCUT2D eigenvalue weighted by Gasteiger charge is -2.31. The zero-order chi connectivity index (χ0) is 96.5. The maximum atomic E-state index is 15.0. The third kappa shape index (κ3) is 59.8. The number of Topliss-reactive ketones (excluding diaryl/α,β-unsaturated/α-hetero) is 3. The number of aliphatic imine (C=N–C) groups is 2. The monoisotopic (exact) mass is 1870 g/mol. The topological polar surface area (TPSA) is 543 Å². The molecular formula is C95H162N14O23. The lowest BCUT2D eigenvalue weighted by atomic mass is 9.85. The second-order valence-electron chi connectivity index (χ2n) is 34.0. The number of ketones is 3. The van der Waals surface area contributed by atoms with E-state index in [0.29, 0.717) is 164 Å². The summed E-state index contributed by atoms with van der Waals surface area (Å²) in [6, 6.07) is 13.2. The predicted molar refractivity (Wildman–Crippen MR) is 502 cm³/mol. The summed E-state index contributed by atoms with van der Waals surface area (Å²) in [5.74, 6) is -10.3. The van der Waals surface area contributed by atoms with Crippen molar-refractivity contribution in [1.29, 1.82) is 0 Å². The minimum atomic E-state index is -1.44. The number of carbonyl (C=O) groups excluding carboxylic acids is 11. The Kier molecular flexibility index (Phi) is 67.2. The minimum Gasteiger partial charge on any atom is -0.379 e. The summed E-state index contributed by atoms with van der Waals surface area (Å²) < 4.78 is 66.9. The molecule has 750 valence electrons. The summed E-state index contributed by atoms with van der Waals surface area (Å²) in [7, 11) is 0. The Morgan fingerprint density at radius 1 is 0.424 bits per heavy atom. The number of nitrogens with two attached hydrogens (primary N) is 6. The molecule has 2 aromatic carbocycles. The van der Waals surface area contributed by atoms with Gasteiger partial charge in [0.05, 0.1) is 182 Å². The Bertz CT molecular complexity index is 3550. The van der Waals surface area contributed by atoms with Gasteiger partial charge < -0.3 is 123 Å². The highest BCUT2D eigenvalue weighted by Gasteiger charge is 2.41. The average Bonchev–Trinajstić information content (AvgIpc) is 1.64. The second-order valence-corrected chi connectivity index (χ2v) is 34.0. The van der Waals surface area contributed by atoms with Crippen LogP contribution in [0.5, 0.6) is 0 Å². The molecule has 17 N–H and O–H groups in total. The lowest BCUT2D eigenvalue weighted by Crippen LogP contribution is -2.56. The molecule has 37 heteroatoms. The molecule has 8 amide bonds. The van der Waals surface area contributed by atoms with Gasteiger partial charge >= 0.3 is 0 Å². The standard InChI is InChI=1S/C95H162N14O23/c1-6-7-8-9-10-11-12-13-14-15-16-17-24-35-86(114)102-39-42-122-44-46-124-48-50-126-52-54-128-56-58-130-60-62-132-64-63-131-61-59-129-57-55-127-53-51-125-49-47-123-45-43-121-41-36-87(115)108-95(4,5)84(112)70-77(67-74-30-22-19-23-31-74)90(118)107-80(65-72(2)3)83(111)69-76(66-73-28-20-18-21-29-73)89(117)106-79(33-26-38-104-94(100)101)92(120)109-40-27-34-81(109)91(119)105-78(32-25-37-103-93(98)99)82(110)68-75(88(97)116)71-85(96)113/h18-23,28-31,72,75-81H,6-17,24-27,32-71H2,1-5H3,(H2,96,113)(H2,97,116)(H,102,114)(H,105,119)(H,106,117)(H,107,118)(H,108,115)(H4,98,99,103)(H4,100,101,104)/t75-,76+,77+,78-,79-,80-,81-/m0/s1. The molecule has 0 unspecified atom stereocenters. The van der Waals surface area contributed by atoms with Crippen LogP contribution < -0.4 is 61.0 Å². The first kappa shape index (κ1) is 117. The zero-order valence-corrected chi connectivity index (χ0v) is 79.7. The van der Waals surface area contributed by atoms with Crippen molar-refractivity contribution in [2.24, 2.45) is 68.1 Å². The molecule has 3 rings (SSSR count). The third-order valence-corrected chi connectivity index (χ3v) is 21.8. The molecule has 0 aromatic heterocycles. The minimum absolute atomic E-state index is 0.00110. The van der Waals surface area contributed by atoms with Gasteiger partial charge in [-0.05, 0) is 95.1 Å². The first-order valence-corrected chi connectivity index (χ1v) is 47.8. The molecular weight excluding hydrogens is 1710 g/mol. The molecule has 0 bridgehead atoms. The van der Waals surface area contributed by atoms with Crippen molar-refractivity contribution in [2.75, 3.05) is 185 Å². The SMILES string of the molecule is CCCCCCCCCCCCCCCC(=O)NCCOCCOCCOCCOCCOCCOCCOCCOCCOCCOCCOCCOCCC(=O)NC(C)(C)C(=O)C[C@@H](Cc1ccccc1)C(=O)N[C@@H](CC(C)C)C(=O)C[C@@H](Cc1ccccc1)C(=O)N[C@@H](CCCN=C(N)N)C(=O)N1CCC[C@H]1C(=O)N[C@@H](CCCN=C(N)N)C(=O)C[C@@H](CC(N)=O)C(N)=O. The van der Waals surface area contributed by atoms with E-state index in [1.807, 2.05) is 32.0 Å². The molecule has 132 heavy (non-hydrogen) atoms. The van der Waals surface area contributed by atoms with E-state index in [1.165, 1.54) is 75.5 Å². The molecule has 1 aliphatic rings. The number of hydrogen-bond acceptors (Lipinski definition) is 25. The number of hydrogen-bond donors (Lipinski definition) is 11. The summed E-state index contributed by atoms with van der Waals surface area (Å²) in [5, 5.41) is 14.3. The van der Waals surface area contributed by atoms with E-state index in [0.717, 1.165) is 18.4 Å². The van der Waals surface area contributed by atoms with Gasteiger partial charge in [0.1, 0.15) is 12.1 Å². The fraction of sp³-hybridized carbons (Fsp3) is 0.737. The fourth-order valence-corrected chi connectivity index (χ4v) is 14.6. The highest BCUT2D eigenvalue weighted by Crippen LogP contribution is 2.26. The number of unbranched alkanes of at least 4 members (excludes halogenated alkanes) is 12. The number of nitrogens with zero attached hydrogens (tertiary/aromatic N) is 3. The van der Waals surface area contributed by atoms with Crippen molar-refractivity contribution in [3.8, 4) is 0 Å². The Morgan fingerprint density at radius 2 is 0.803 bits per heavy atom. The van der Waals surface area contributed by atoms with Crippen molar-refractivity contribution in [1.82, 2.24) is 31.5 Å². The van der Waals surface area contributed by atoms with Crippen LogP contribution in [-0.2, 0) is 122 Å². The van der Waals surface area contributed by atoms with Crippen LogP contribution in [0.2, 0.25) is 0 Å². The molecule has 2 aromatic rings. The normalized spacial score (nSPS) is 14.0. The number of likely N-dealkylation sites (tertiary alicyclic amines) is 1. The van der Waals surface area contributed by atoms with E-state index < -0.39 is 125 Å². The van der Waals surface area contributed by atoms with Gasteiger partial charge in [0.2, 0.25) is 47.3 Å². The van der Waals surface area contributed by atoms with Gasteiger partial charge in [-0.2, -0.15) is 0 Å². The van der Waals surface area contributed by atoms with Crippen molar-refractivity contribution in [2.45, 2.75) is 244 Å². The smallest absolute Gasteiger partial charge is 0.245 e. The van der Waals surface area contributed by atoms with Crippen LogP contribution in [0.25, 0.3) is 0 Å². The molecule has 37 nitrogen and oxygen atoms in total. The van der Waals surface area contributed by atoms with Crippen LogP contribution >= 0.6 is 0 Å². The van der Waals surface area contributed by atoms with Crippen molar-refractivity contribution < 1.29 is 110 Å². The van der Waals surface area contributed by atoms with Gasteiger partial charge in [0.15, 0.2) is 29.3 Å². The van der Waals surface area contributed by atoms with Gasteiger partial charge in [-0.15, -0.1) is 0 Å². The number of rotatable bonds is 87. The van der Waals surface area contributed by atoms with Crippen molar-refractivity contribution in [3.63, 3.8) is 0 Å². The Morgan fingerprint density at radius 3 is 1.21 bits per heavy atom. The maximum Gasteiger partial charge on any atom is 0.245 e. The average molecular weight is 1870 g/mol. The van der Waals surface area contributed by atoms with Crippen LogP contribution in [0.15, 0.2) is 70.6 Å². The molecule has 0 spiro atoms. The molecule has 7 atom stereocenters. The van der Waals surface area contributed by atoms with Crippen LogP contribution in [0.3, 0.4) is 0 Å². The van der Waals surface area contributed by atoms with E-state index in [9.17, 15) is 47.9 Å². The van der Waals surface area contributed by atoms with Gasteiger partial charge in [-0.1, -0.05) is 158 Å². The zero-order valence-electron chi connectivity index (χ0n) is 79.7. The highest BCUT2D eigenvalue weighted by molar-refractivity contribution is 5.99. The van der Waals surface area contributed by atoms with Gasteiger partial charge in [-0.3, -0.25) is 62.7 Å². The van der Waals surface area contributed by atoms with Crippen LogP contribution in [-0.4, -0.2) is 296 Å². The predicted octanol–water partition coefficient (Wildman–Crippen LogP) is 5.24. The van der Waals surface area contributed by atoms with Crippen molar-refractivity contribution in [3.05, 3.63) is 71.8 Å². The van der Waals surface area contributed by atoms with Crippen LogP contribution in [0, 0.1) is 23.7 Å². The number of guanidine groups is 2. The largest absolute Gasteiger partial charge is 0.379 e. The van der Waals surface area contributed by atoms with Gasteiger partial charge in [0.25, 0.3) is 0 Å². The number of carbonyl (C=O) groups is 11. The molecule has 1 aliphatic heterocycles. The second kappa shape index (κ2) is 75.6. The van der Waals surface area contributed by atoms with E-state index in [1.54, 1.807) is 56.3 Å². The number of primary amides is 2. The van der Waals surface area contributed by atoms with Gasteiger partial charge in [0, 0.05) is 76.5 Å². The number of ether oxygens (including phenoxy) is 12. The summed E-state index contributed by atoms with van der Waals surface area (Å²) >= 11 is 0. The fourth-order valence-electron chi connectivity index (χ4n) is 14.6. The molecule has 1 fully saturated rings. The van der Waals surface area contributed by atoms with E-state index in [-0.39, 0.29) is 127 Å². The van der Waals surface area contributed by atoms with Gasteiger partial charge in [-0.25, -0.2) is 0 Å². The van der Waals surface area contributed by atoms with Crippen molar-refractivity contribution >= 4 is 76.5 Å². The summed E-state index contributed by atoms with van der Waals surface area (Å²) in [5.41, 5.74) is 33.2. The Balaban J connectivity index is 1.32. The van der Waals surface area contributed by atoms with Crippen LogP contribution in [0.1, 0.15) is 213 Å². The maximum absolute atomic E-state index is 15.0. The van der Waals surface area contributed by atoms with E-state index in [2.05, 4.69) is 43.5 Å². The number of benzene rings is 2. The van der Waals surface area contributed by atoms with Crippen LogP contribution in [0.4, 0.5) is 0 Å². The molecule has 1 saturated heterocycles. The first-order valence-electron chi connectivity index (χ1n) is 47.8. The van der Waals surface area contributed by atoms with E-state index >= 15 is 4.79 Å². The first-order chi connectivity index (χ1) is 63.7.